The van der Waals surface area contributed by atoms with Gasteiger partial charge in [-0.1, -0.05) is 23.7 Å². The minimum absolute atomic E-state index is 0.0445. The minimum Gasteiger partial charge on any atom is -0.356 e. The van der Waals surface area contributed by atoms with Crippen molar-refractivity contribution >= 4 is 45.7 Å². The molecule has 0 bridgehead atoms. The molecule has 1 N–H and O–H groups in total. The fraction of sp³-hybridized carbons (Fsp3) is 0.278. The van der Waals surface area contributed by atoms with Gasteiger partial charge in [0.15, 0.2) is 5.78 Å². The first kappa shape index (κ1) is 17.6. The zero-order valence-corrected chi connectivity index (χ0v) is 15.1. The molecule has 1 amide bonds. The Hall–Kier alpha value is -2.18. The third kappa shape index (κ3) is 4.67. The van der Waals surface area contributed by atoms with Crippen LogP contribution in [0.4, 0.5) is 0 Å². The quantitative estimate of drug-likeness (QED) is 0.479. The van der Waals surface area contributed by atoms with Crippen molar-refractivity contribution in [1.29, 1.82) is 0 Å². The van der Waals surface area contributed by atoms with Gasteiger partial charge in [-0.05, 0) is 30.7 Å². The molecule has 5 nitrogen and oxygen atoms in total. The van der Waals surface area contributed by atoms with E-state index >= 15 is 0 Å². The first-order valence-corrected chi connectivity index (χ1v) is 9.28. The Bertz CT molecular complexity index is 887. The number of hydrogen-bond donors (Lipinski definition) is 1. The molecule has 2 heterocycles. The molecule has 130 valence electrons. The van der Waals surface area contributed by atoms with E-state index < -0.39 is 0 Å². The molecular weight excluding hydrogens is 358 g/mol. The number of hydrogen-bond acceptors (Lipinski definition) is 4. The molecule has 0 radical (unpaired) electrons. The number of halogens is 1. The van der Waals surface area contributed by atoms with Gasteiger partial charge in [-0.3, -0.25) is 9.59 Å². The molecule has 0 aliphatic carbocycles. The fourth-order valence-corrected chi connectivity index (χ4v) is 3.58. The Labute approximate surface area is 154 Å². The zero-order chi connectivity index (χ0) is 17.6. The summed E-state index contributed by atoms with van der Waals surface area (Å²) in [5.41, 5.74) is 2.06. The summed E-state index contributed by atoms with van der Waals surface area (Å²) in [7, 11) is 0. The molecule has 1 aromatic carbocycles. The zero-order valence-electron chi connectivity index (χ0n) is 13.6. The van der Waals surface area contributed by atoms with Crippen molar-refractivity contribution in [3.63, 3.8) is 0 Å². The molecular formula is C18H18ClN3O2S. The van der Waals surface area contributed by atoms with Gasteiger partial charge in [0, 0.05) is 25.9 Å². The number of aromatic nitrogens is 2. The number of aryl methyl sites for hydroxylation is 1. The Kier molecular flexibility index (Phi) is 5.83. The monoisotopic (exact) mass is 375 g/mol. The van der Waals surface area contributed by atoms with E-state index in [1.54, 1.807) is 12.1 Å². The van der Waals surface area contributed by atoms with Crippen LogP contribution in [-0.4, -0.2) is 27.8 Å². The smallest absolute Gasteiger partial charge is 0.220 e. The highest BCUT2D eigenvalue weighted by Crippen LogP contribution is 2.22. The Morgan fingerprint density at radius 2 is 2.00 bits per heavy atom. The number of fused-ring (bicyclic) bond motifs is 1. The van der Waals surface area contributed by atoms with E-state index in [-0.39, 0.29) is 24.5 Å². The third-order valence-corrected chi connectivity index (χ3v) is 5.12. The number of para-hydroxylation sites is 2. The summed E-state index contributed by atoms with van der Waals surface area (Å²) in [4.78, 5) is 28.7. The van der Waals surface area contributed by atoms with Crippen LogP contribution in [0.2, 0.25) is 4.34 Å². The average Bonchev–Trinajstić information content (AvgIpc) is 3.23. The number of carbonyl (C=O) groups excluding carboxylic acids is 2. The second-order valence-corrected chi connectivity index (χ2v) is 7.37. The number of imidazole rings is 1. The molecule has 0 saturated heterocycles. The molecule has 0 fully saturated rings. The predicted molar refractivity (Wildman–Crippen MR) is 100 cm³/mol. The molecule has 0 unspecified atom stereocenters. The third-order valence-electron chi connectivity index (χ3n) is 3.85. The number of nitrogens with one attached hydrogen (secondary N) is 1. The number of benzene rings is 1. The van der Waals surface area contributed by atoms with Gasteiger partial charge in [-0.25, -0.2) is 4.98 Å². The summed E-state index contributed by atoms with van der Waals surface area (Å²) >= 11 is 7.05. The lowest BCUT2D eigenvalue weighted by molar-refractivity contribution is -0.121. The molecule has 3 rings (SSSR count). The van der Waals surface area contributed by atoms with E-state index in [1.165, 1.54) is 11.3 Å². The van der Waals surface area contributed by atoms with Crippen molar-refractivity contribution in [2.45, 2.75) is 25.8 Å². The van der Waals surface area contributed by atoms with E-state index in [0.717, 1.165) is 24.0 Å². The van der Waals surface area contributed by atoms with Gasteiger partial charge in [-0.15, -0.1) is 11.3 Å². The Balaban J connectivity index is 1.37. The molecule has 0 aliphatic rings. The number of Topliss-reactive ketones (excluding diaryl/α,β-unsaturated/α-hetero) is 1. The maximum absolute atomic E-state index is 11.9. The summed E-state index contributed by atoms with van der Waals surface area (Å²) in [6, 6.07) is 11.3. The van der Waals surface area contributed by atoms with E-state index in [0.29, 0.717) is 15.8 Å². The number of rotatable bonds is 8. The van der Waals surface area contributed by atoms with Crippen molar-refractivity contribution in [2.75, 3.05) is 6.54 Å². The molecule has 2 aromatic heterocycles. The Morgan fingerprint density at radius 3 is 2.80 bits per heavy atom. The average molecular weight is 376 g/mol. The number of nitrogens with zero attached hydrogens (tertiary/aromatic N) is 2. The lowest BCUT2D eigenvalue weighted by Gasteiger charge is -2.06. The topological polar surface area (TPSA) is 64.0 Å². The summed E-state index contributed by atoms with van der Waals surface area (Å²) in [6.45, 7) is 1.36. The number of thiophene rings is 1. The van der Waals surface area contributed by atoms with Crippen LogP contribution in [-0.2, 0) is 11.3 Å². The highest BCUT2D eigenvalue weighted by molar-refractivity contribution is 7.18. The maximum atomic E-state index is 11.9. The Morgan fingerprint density at radius 1 is 1.16 bits per heavy atom. The molecule has 0 spiro atoms. The van der Waals surface area contributed by atoms with Crippen molar-refractivity contribution in [3.05, 3.63) is 51.9 Å². The van der Waals surface area contributed by atoms with Crippen LogP contribution < -0.4 is 5.32 Å². The van der Waals surface area contributed by atoms with Gasteiger partial charge in [0.1, 0.15) is 0 Å². The first-order valence-electron chi connectivity index (χ1n) is 8.08. The largest absolute Gasteiger partial charge is 0.356 e. The second kappa shape index (κ2) is 8.27. The van der Waals surface area contributed by atoms with Crippen molar-refractivity contribution in [3.8, 4) is 0 Å². The van der Waals surface area contributed by atoms with Gasteiger partial charge in [-0.2, -0.15) is 0 Å². The van der Waals surface area contributed by atoms with Crippen LogP contribution in [0.3, 0.4) is 0 Å². The lowest BCUT2D eigenvalue weighted by atomic mass is 10.2. The summed E-state index contributed by atoms with van der Waals surface area (Å²) in [6.07, 6.45) is 3.02. The number of carbonyl (C=O) groups is 2. The molecule has 25 heavy (non-hydrogen) atoms. The standard InChI is InChI=1S/C18H18ClN3O2S/c19-17-8-7-16(25-17)15(23)6-9-18(24)20-10-3-11-22-12-21-13-4-1-2-5-14(13)22/h1-2,4-5,7-8,12H,3,6,9-11H2,(H,20,24). The van der Waals surface area contributed by atoms with Crippen LogP contribution in [0, 0.1) is 0 Å². The minimum atomic E-state index is -0.105. The van der Waals surface area contributed by atoms with Crippen LogP contribution >= 0.6 is 22.9 Å². The first-order chi connectivity index (χ1) is 12.1. The predicted octanol–water partition coefficient (Wildman–Crippen LogP) is 3.92. The maximum Gasteiger partial charge on any atom is 0.220 e. The van der Waals surface area contributed by atoms with Crippen molar-refractivity contribution < 1.29 is 9.59 Å². The second-order valence-electron chi connectivity index (χ2n) is 5.66. The van der Waals surface area contributed by atoms with E-state index in [1.807, 2.05) is 30.6 Å². The van der Waals surface area contributed by atoms with Gasteiger partial charge < -0.3 is 9.88 Å². The van der Waals surface area contributed by atoms with Gasteiger partial charge in [0.05, 0.1) is 26.6 Å². The molecule has 0 atom stereocenters. The highest BCUT2D eigenvalue weighted by atomic mass is 35.5. The van der Waals surface area contributed by atoms with Crippen LogP contribution in [0.1, 0.15) is 28.9 Å². The van der Waals surface area contributed by atoms with Crippen molar-refractivity contribution in [1.82, 2.24) is 14.9 Å². The van der Waals surface area contributed by atoms with E-state index in [9.17, 15) is 9.59 Å². The number of ketones is 1. The van der Waals surface area contributed by atoms with Crippen molar-refractivity contribution in [2.24, 2.45) is 0 Å². The summed E-state index contributed by atoms with van der Waals surface area (Å²) in [5.74, 6) is -0.150. The normalized spacial score (nSPS) is 10.9. The summed E-state index contributed by atoms with van der Waals surface area (Å²) < 4.78 is 2.66. The molecule has 3 aromatic rings. The SMILES string of the molecule is O=C(CCC(=O)c1ccc(Cl)s1)NCCCn1cnc2ccccc21. The summed E-state index contributed by atoms with van der Waals surface area (Å²) in [5, 5.41) is 2.86. The highest BCUT2D eigenvalue weighted by Gasteiger charge is 2.11. The lowest BCUT2D eigenvalue weighted by Crippen LogP contribution is -2.25. The van der Waals surface area contributed by atoms with Crippen LogP contribution in [0.15, 0.2) is 42.7 Å². The molecule has 0 aliphatic heterocycles. The van der Waals surface area contributed by atoms with E-state index in [4.69, 9.17) is 11.6 Å². The van der Waals surface area contributed by atoms with Gasteiger partial charge >= 0.3 is 0 Å². The molecule has 0 saturated carbocycles. The fourth-order valence-electron chi connectivity index (χ4n) is 2.57. The van der Waals surface area contributed by atoms with Crippen LogP contribution in [0.5, 0.6) is 0 Å². The van der Waals surface area contributed by atoms with E-state index in [2.05, 4.69) is 14.9 Å². The number of amides is 1. The van der Waals surface area contributed by atoms with Gasteiger partial charge in [0.2, 0.25) is 5.91 Å². The molecule has 7 heteroatoms. The van der Waals surface area contributed by atoms with Crippen LogP contribution in [0.25, 0.3) is 11.0 Å². The van der Waals surface area contributed by atoms with Gasteiger partial charge in [0.25, 0.3) is 0 Å².